The van der Waals surface area contributed by atoms with E-state index in [1.165, 1.54) is 42.4 Å². The van der Waals surface area contributed by atoms with Crippen molar-refractivity contribution in [3.05, 3.63) is 42.1 Å². The van der Waals surface area contributed by atoms with Crippen molar-refractivity contribution in [2.45, 2.75) is 25.8 Å². The molecule has 2 heterocycles. The van der Waals surface area contributed by atoms with E-state index in [-0.39, 0.29) is 0 Å². The molecule has 0 bridgehead atoms. The first-order valence-corrected chi connectivity index (χ1v) is 8.07. The van der Waals surface area contributed by atoms with Crippen LogP contribution >= 0.6 is 0 Å². The summed E-state index contributed by atoms with van der Waals surface area (Å²) in [6, 6.07) is 11.3. The van der Waals surface area contributed by atoms with E-state index in [1.54, 1.807) is 0 Å². The smallest absolute Gasteiger partial charge is 0.0749 e. The molecule has 1 saturated heterocycles. The van der Waals surface area contributed by atoms with Gasteiger partial charge in [-0.05, 0) is 57.1 Å². The second-order valence-electron chi connectivity index (χ2n) is 6.01. The third-order valence-corrected chi connectivity index (χ3v) is 4.59. The van der Waals surface area contributed by atoms with Gasteiger partial charge in [0.25, 0.3) is 0 Å². The largest absolute Gasteiger partial charge is 0.319 e. The highest BCUT2D eigenvalue weighted by Gasteiger charge is 2.35. The van der Waals surface area contributed by atoms with E-state index in [1.807, 2.05) is 12.3 Å². The molecule has 21 heavy (non-hydrogen) atoms. The number of hydrogen-bond donors (Lipinski definition) is 1. The van der Waals surface area contributed by atoms with Gasteiger partial charge in [-0.3, -0.25) is 9.88 Å². The average Bonchev–Trinajstić information content (AvgIpc) is 2.90. The topological polar surface area (TPSA) is 28.2 Å². The van der Waals surface area contributed by atoms with Crippen LogP contribution in [-0.2, 0) is 0 Å². The number of fused-ring (bicyclic) bond motifs is 1. The number of nitrogens with one attached hydrogen (secondary N) is 1. The Morgan fingerprint density at radius 1 is 1.29 bits per heavy atom. The molecule has 2 unspecified atom stereocenters. The van der Waals surface area contributed by atoms with Crippen LogP contribution in [0, 0.1) is 5.92 Å². The maximum Gasteiger partial charge on any atom is 0.0749 e. The van der Waals surface area contributed by atoms with Gasteiger partial charge in [0.05, 0.1) is 5.52 Å². The van der Waals surface area contributed by atoms with Crippen molar-refractivity contribution < 1.29 is 0 Å². The molecule has 0 amide bonds. The standard InChI is InChI=1S/C18H25N3/c1-3-11-21-12-9-15(13-19-2)18(21)16-8-4-6-14-7-5-10-20-17(14)16/h4-8,10,15,18-19H,3,9,11-13H2,1-2H3. The van der Waals surface area contributed by atoms with Crippen molar-refractivity contribution in [2.75, 3.05) is 26.7 Å². The van der Waals surface area contributed by atoms with Crippen LogP contribution in [0.5, 0.6) is 0 Å². The van der Waals surface area contributed by atoms with Crippen molar-refractivity contribution >= 4 is 10.9 Å². The minimum absolute atomic E-state index is 0.496. The number of aromatic nitrogens is 1. The lowest BCUT2D eigenvalue weighted by molar-refractivity contribution is 0.228. The Balaban J connectivity index is 2.03. The number of hydrogen-bond acceptors (Lipinski definition) is 3. The Hall–Kier alpha value is -1.45. The van der Waals surface area contributed by atoms with Gasteiger partial charge in [-0.2, -0.15) is 0 Å². The molecule has 1 aromatic heterocycles. The van der Waals surface area contributed by atoms with Crippen LogP contribution in [0.25, 0.3) is 10.9 Å². The second kappa shape index (κ2) is 6.54. The maximum absolute atomic E-state index is 4.67. The minimum atomic E-state index is 0.496. The van der Waals surface area contributed by atoms with Gasteiger partial charge >= 0.3 is 0 Å². The highest BCUT2D eigenvalue weighted by atomic mass is 15.2. The van der Waals surface area contributed by atoms with Gasteiger partial charge in [-0.15, -0.1) is 0 Å². The summed E-state index contributed by atoms with van der Waals surface area (Å²) in [6.07, 6.45) is 4.40. The summed E-state index contributed by atoms with van der Waals surface area (Å²) in [5.74, 6) is 0.675. The molecule has 0 aliphatic carbocycles. The van der Waals surface area contributed by atoms with E-state index in [0.29, 0.717) is 12.0 Å². The zero-order chi connectivity index (χ0) is 14.7. The normalized spacial score (nSPS) is 23.0. The lowest BCUT2D eigenvalue weighted by Gasteiger charge is -2.29. The fourth-order valence-electron chi connectivity index (χ4n) is 3.76. The van der Waals surface area contributed by atoms with Crippen LogP contribution in [-0.4, -0.2) is 36.6 Å². The number of rotatable bonds is 5. The Morgan fingerprint density at radius 2 is 2.14 bits per heavy atom. The van der Waals surface area contributed by atoms with Gasteiger partial charge in [0, 0.05) is 17.6 Å². The molecule has 1 fully saturated rings. The molecule has 1 aliphatic rings. The molecule has 1 N–H and O–H groups in total. The first-order valence-electron chi connectivity index (χ1n) is 8.07. The van der Waals surface area contributed by atoms with Crippen LogP contribution in [0.2, 0.25) is 0 Å². The Kier molecular flexibility index (Phi) is 4.51. The molecule has 0 saturated carbocycles. The van der Waals surface area contributed by atoms with E-state index in [9.17, 15) is 0 Å². The summed E-state index contributed by atoms with van der Waals surface area (Å²) in [7, 11) is 2.06. The zero-order valence-electron chi connectivity index (χ0n) is 13.0. The van der Waals surface area contributed by atoms with Crippen molar-refractivity contribution in [3.8, 4) is 0 Å². The van der Waals surface area contributed by atoms with Crippen molar-refractivity contribution in [1.82, 2.24) is 15.2 Å². The summed E-state index contributed by atoms with van der Waals surface area (Å²) in [5, 5.41) is 4.62. The monoisotopic (exact) mass is 283 g/mol. The fourth-order valence-corrected chi connectivity index (χ4v) is 3.76. The van der Waals surface area contributed by atoms with E-state index >= 15 is 0 Å². The van der Waals surface area contributed by atoms with Crippen LogP contribution < -0.4 is 5.32 Å². The lowest BCUT2D eigenvalue weighted by atomic mass is 9.92. The van der Waals surface area contributed by atoms with Gasteiger partial charge in [0.15, 0.2) is 0 Å². The zero-order valence-corrected chi connectivity index (χ0v) is 13.0. The van der Waals surface area contributed by atoms with Gasteiger partial charge in [0.2, 0.25) is 0 Å². The molecule has 3 nitrogen and oxygen atoms in total. The summed E-state index contributed by atoms with van der Waals surface area (Å²) >= 11 is 0. The highest BCUT2D eigenvalue weighted by Crippen LogP contribution is 2.39. The summed E-state index contributed by atoms with van der Waals surface area (Å²) in [5.41, 5.74) is 2.58. The molecule has 0 spiro atoms. The van der Waals surface area contributed by atoms with Gasteiger partial charge in [-0.1, -0.05) is 31.2 Å². The lowest BCUT2D eigenvalue weighted by Crippen LogP contribution is -2.30. The number of pyridine rings is 1. The van der Waals surface area contributed by atoms with Crippen LogP contribution in [0.4, 0.5) is 0 Å². The van der Waals surface area contributed by atoms with Crippen molar-refractivity contribution in [1.29, 1.82) is 0 Å². The summed E-state index contributed by atoms with van der Waals surface area (Å²) < 4.78 is 0. The van der Waals surface area contributed by atoms with E-state index in [2.05, 4.69) is 53.4 Å². The number of benzene rings is 1. The summed E-state index contributed by atoms with van der Waals surface area (Å²) in [4.78, 5) is 7.31. The number of para-hydroxylation sites is 1. The van der Waals surface area contributed by atoms with Gasteiger partial charge in [-0.25, -0.2) is 0 Å². The van der Waals surface area contributed by atoms with Gasteiger partial charge < -0.3 is 5.32 Å². The third-order valence-electron chi connectivity index (χ3n) is 4.59. The SMILES string of the molecule is CCCN1CCC(CNC)C1c1cccc2cccnc12. The van der Waals surface area contributed by atoms with E-state index in [4.69, 9.17) is 0 Å². The molecule has 1 aliphatic heterocycles. The highest BCUT2D eigenvalue weighted by molar-refractivity contribution is 5.82. The average molecular weight is 283 g/mol. The predicted molar refractivity (Wildman–Crippen MR) is 88.4 cm³/mol. The van der Waals surface area contributed by atoms with Crippen molar-refractivity contribution in [2.24, 2.45) is 5.92 Å². The molecule has 2 atom stereocenters. The minimum Gasteiger partial charge on any atom is -0.319 e. The molecular formula is C18H25N3. The van der Waals surface area contributed by atoms with Crippen molar-refractivity contribution in [3.63, 3.8) is 0 Å². The Morgan fingerprint density at radius 3 is 2.95 bits per heavy atom. The molecule has 3 heteroatoms. The Bertz CT molecular complexity index is 577. The molecular weight excluding hydrogens is 258 g/mol. The second-order valence-corrected chi connectivity index (χ2v) is 6.01. The third kappa shape index (κ3) is 2.81. The molecule has 0 radical (unpaired) electrons. The molecule has 2 aromatic rings. The summed E-state index contributed by atoms with van der Waals surface area (Å²) in [6.45, 7) is 5.72. The Labute approximate surface area is 127 Å². The molecule has 1 aromatic carbocycles. The van der Waals surface area contributed by atoms with E-state index in [0.717, 1.165) is 6.54 Å². The van der Waals surface area contributed by atoms with Crippen LogP contribution in [0.15, 0.2) is 36.5 Å². The first-order chi connectivity index (χ1) is 10.3. The van der Waals surface area contributed by atoms with E-state index < -0.39 is 0 Å². The van der Waals surface area contributed by atoms with Gasteiger partial charge in [0.1, 0.15) is 0 Å². The quantitative estimate of drug-likeness (QED) is 0.913. The van der Waals surface area contributed by atoms with Crippen LogP contribution in [0.1, 0.15) is 31.4 Å². The predicted octanol–water partition coefficient (Wildman–Crippen LogP) is 3.23. The molecule has 3 rings (SSSR count). The maximum atomic E-state index is 4.67. The van der Waals surface area contributed by atoms with Crippen LogP contribution in [0.3, 0.4) is 0 Å². The fraction of sp³-hybridized carbons (Fsp3) is 0.500. The number of nitrogens with zero attached hydrogens (tertiary/aromatic N) is 2. The first kappa shape index (κ1) is 14.5. The molecule has 112 valence electrons. The number of likely N-dealkylation sites (tertiary alicyclic amines) is 1.